The van der Waals surface area contributed by atoms with Crippen LogP contribution in [0.3, 0.4) is 0 Å². The predicted molar refractivity (Wildman–Crippen MR) is 74.1 cm³/mol. The maximum Gasteiger partial charge on any atom is 0.324 e. The van der Waals surface area contributed by atoms with Gasteiger partial charge >= 0.3 is 5.00 Å². The molecule has 0 radical (unpaired) electrons. The fourth-order valence-corrected chi connectivity index (χ4v) is 2.52. The highest BCUT2D eigenvalue weighted by molar-refractivity contribution is 7.15. The zero-order valence-electron chi connectivity index (χ0n) is 10.5. The average molecular weight is 280 g/mol. The van der Waals surface area contributed by atoms with Crippen LogP contribution in [-0.4, -0.2) is 21.0 Å². The van der Waals surface area contributed by atoms with Crippen molar-refractivity contribution in [2.75, 3.05) is 6.54 Å². The van der Waals surface area contributed by atoms with Crippen molar-refractivity contribution in [3.05, 3.63) is 45.8 Å². The molecule has 0 saturated heterocycles. The van der Waals surface area contributed by atoms with Crippen molar-refractivity contribution in [3.8, 4) is 0 Å². The zero-order chi connectivity index (χ0) is 13.5. The minimum absolute atomic E-state index is 0.205. The first-order valence-corrected chi connectivity index (χ1v) is 6.97. The van der Waals surface area contributed by atoms with Crippen LogP contribution in [0.5, 0.6) is 0 Å². The van der Waals surface area contributed by atoms with Crippen LogP contribution < -0.4 is 5.32 Å². The molecule has 0 spiro atoms. The Hall–Kier alpha value is -1.73. The lowest BCUT2D eigenvalue weighted by Gasteiger charge is -2.03. The quantitative estimate of drug-likeness (QED) is 0.458. The van der Waals surface area contributed by atoms with E-state index in [0.29, 0.717) is 6.54 Å². The molecule has 0 saturated carbocycles. The van der Waals surface area contributed by atoms with Crippen molar-refractivity contribution in [2.24, 2.45) is 0 Å². The second-order valence-corrected chi connectivity index (χ2v) is 5.33. The van der Waals surface area contributed by atoms with Crippen molar-refractivity contribution in [2.45, 2.75) is 25.9 Å². The summed E-state index contributed by atoms with van der Waals surface area (Å²) >= 11 is 1.23. The third-order valence-electron chi connectivity index (χ3n) is 2.71. The average Bonchev–Trinajstić information content (AvgIpc) is 3.04. The summed E-state index contributed by atoms with van der Waals surface area (Å²) in [5.41, 5.74) is 0. The van der Waals surface area contributed by atoms with Crippen molar-refractivity contribution < 1.29 is 4.92 Å². The lowest BCUT2D eigenvalue weighted by molar-refractivity contribution is -0.380. The first kappa shape index (κ1) is 13.7. The van der Waals surface area contributed by atoms with Crippen LogP contribution in [0.25, 0.3) is 0 Å². The highest BCUT2D eigenvalue weighted by Crippen LogP contribution is 2.23. The molecule has 7 heteroatoms. The van der Waals surface area contributed by atoms with Crippen molar-refractivity contribution >= 4 is 16.3 Å². The zero-order valence-corrected chi connectivity index (χ0v) is 11.3. The van der Waals surface area contributed by atoms with Gasteiger partial charge in [0.25, 0.3) is 0 Å². The molecule has 2 aromatic rings. The monoisotopic (exact) mass is 280 g/mol. The van der Waals surface area contributed by atoms with Gasteiger partial charge in [-0.3, -0.25) is 10.1 Å². The largest absolute Gasteiger partial charge is 0.337 e. The Labute approximate surface area is 115 Å². The third-order valence-corrected chi connectivity index (χ3v) is 3.74. The number of hydrogen-bond donors (Lipinski definition) is 1. The first-order valence-electron chi connectivity index (χ1n) is 6.15. The number of imidazole rings is 1. The lowest BCUT2D eigenvalue weighted by atomic mass is 10.3. The molecule has 1 N–H and O–H groups in total. The fraction of sp³-hybridized carbons (Fsp3) is 0.417. The van der Waals surface area contributed by atoms with Gasteiger partial charge in [-0.2, -0.15) is 0 Å². The first-order chi connectivity index (χ1) is 9.25. The number of nitrogens with zero attached hydrogens (tertiary/aromatic N) is 3. The Kier molecular flexibility index (Phi) is 5.05. The Morgan fingerprint density at radius 2 is 2.32 bits per heavy atom. The van der Waals surface area contributed by atoms with Gasteiger partial charge in [-0.25, -0.2) is 4.98 Å². The summed E-state index contributed by atoms with van der Waals surface area (Å²) in [4.78, 5) is 15.2. The van der Waals surface area contributed by atoms with E-state index in [1.54, 1.807) is 18.3 Å². The third kappa shape index (κ3) is 4.46. The molecule has 2 heterocycles. The molecule has 6 nitrogen and oxygen atoms in total. The summed E-state index contributed by atoms with van der Waals surface area (Å²) in [7, 11) is 0. The highest BCUT2D eigenvalue weighted by Gasteiger charge is 2.08. The molecule has 0 aliphatic rings. The Bertz CT molecular complexity index is 510. The molecule has 0 bridgehead atoms. The van der Waals surface area contributed by atoms with Crippen LogP contribution in [0.4, 0.5) is 5.00 Å². The van der Waals surface area contributed by atoms with Crippen LogP contribution in [0.2, 0.25) is 0 Å². The molecule has 0 unspecified atom stereocenters. The summed E-state index contributed by atoms with van der Waals surface area (Å²) < 4.78 is 2.06. The van der Waals surface area contributed by atoms with Crippen LogP contribution in [0.1, 0.15) is 17.7 Å². The Morgan fingerprint density at radius 1 is 1.42 bits per heavy atom. The van der Waals surface area contributed by atoms with Crippen LogP contribution >= 0.6 is 11.3 Å². The van der Waals surface area contributed by atoms with Crippen molar-refractivity contribution in [1.29, 1.82) is 0 Å². The van der Waals surface area contributed by atoms with Gasteiger partial charge in [-0.1, -0.05) is 11.3 Å². The summed E-state index contributed by atoms with van der Waals surface area (Å²) in [5.74, 6) is 0. The summed E-state index contributed by atoms with van der Waals surface area (Å²) in [6, 6.07) is 3.36. The highest BCUT2D eigenvalue weighted by atomic mass is 32.1. The predicted octanol–water partition coefficient (Wildman–Crippen LogP) is 2.42. The summed E-state index contributed by atoms with van der Waals surface area (Å²) in [5, 5.41) is 14.0. The summed E-state index contributed by atoms with van der Waals surface area (Å²) in [6.07, 6.45) is 7.72. The van der Waals surface area contributed by atoms with E-state index < -0.39 is 0 Å². The van der Waals surface area contributed by atoms with E-state index in [4.69, 9.17) is 0 Å². The molecule has 0 atom stereocenters. The lowest BCUT2D eigenvalue weighted by Crippen LogP contribution is -2.14. The van der Waals surface area contributed by atoms with Crippen molar-refractivity contribution in [3.63, 3.8) is 0 Å². The van der Waals surface area contributed by atoms with Gasteiger partial charge in [-0.05, 0) is 25.5 Å². The van der Waals surface area contributed by atoms with Crippen molar-refractivity contribution in [1.82, 2.24) is 14.9 Å². The smallest absolute Gasteiger partial charge is 0.324 e. The van der Waals surface area contributed by atoms with Gasteiger partial charge in [0.15, 0.2) is 0 Å². The minimum atomic E-state index is -0.348. The van der Waals surface area contributed by atoms with E-state index in [2.05, 4.69) is 14.9 Å². The van der Waals surface area contributed by atoms with E-state index in [1.165, 1.54) is 11.3 Å². The number of unbranched alkanes of at least 4 members (excludes halogenated alkanes) is 1. The van der Waals surface area contributed by atoms with Crippen LogP contribution in [-0.2, 0) is 13.1 Å². The van der Waals surface area contributed by atoms with Gasteiger partial charge in [0.1, 0.15) is 0 Å². The second kappa shape index (κ2) is 7.01. The number of thiophene rings is 1. The Morgan fingerprint density at radius 3 is 3.00 bits per heavy atom. The molecule has 2 aromatic heterocycles. The SMILES string of the molecule is O=[N+]([O-])c1ccc(CNCCCCn2ccnc2)s1. The summed E-state index contributed by atoms with van der Waals surface area (Å²) in [6.45, 7) is 2.59. The molecule has 0 fully saturated rings. The minimum Gasteiger partial charge on any atom is -0.337 e. The number of aromatic nitrogens is 2. The van der Waals surface area contributed by atoms with E-state index in [0.717, 1.165) is 30.8 Å². The standard InChI is InChI=1S/C12H16N4O2S/c17-16(18)12-4-3-11(19-12)9-13-5-1-2-7-15-8-6-14-10-15/h3-4,6,8,10,13H,1-2,5,7,9H2. The van der Waals surface area contributed by atoms with E-state index >= 15 is 0 Å². The maximum atomic E-state index is 10.5. The number of nitro groups is 1. The number of nitrogens with one attached hydrogen (secondary N) is 1. The number of aryl methyl sites for hydroxylation is 1. The van der Waals surface area contributed by atoms with E-state index in [-0.39, 0.29) is 9.92 Å². The second-order valence-electron chi connectivity index (χ2n) is 4.18. The maximum absolute atomic E-state index is 10.5. The molecule has 0 aliphatic heterocycles. The normalized spacial score (nSPS) is 10.7. The van der Waals surface area contributed by atoms with Crippen LogP contribution in [0, 0.1) is 10.1 Å². The molecule has 0 aliphatic carbocycles. The molecule has 0 amide bonds. The van der Waals surface area contributed by atoms with Gasteiger partial charge in [-0.15, -0.1) is 0 Å². The number of hydrogen-bond acceptors (Lipinski definition) is 5. The van der Waals surface area contributed by atoms with Gasteiger partial charge < -0.3 is 9.88 Å². The van der Waals surface area contributed by atoms with Crippen LogP contribution in [0.15, 0.2) is 30.9 Å². The number of rotatable bonds is 8. The molecule has 0 aromatic carbocycles. The molecular formula is C12H16N4O2S. The molecule has 19 heavy (non-hydrogen) atoms. The van der Waals surface area contributed by atoms with Gasteiger partial charge in [0.2, 0.25) is 0 Å². The molecule has 2 rings (SSSR count). The fourth-order valence-electron chi connectivity index (χ4n) is 1.73. The Balaban J connectivity index is 1.57. The molecular weight excluding hydrogens is 264 g/mol. The van der Waals surface area contributed by atoms with E-state index in [1.807, 2.05) is 12.5 Å². The topological polar surface area (TPSA) is 73.0 Å². The molecule has 102 valence electrons. The van der Waals surface area contributed by atoms with Gasteiger partial charge in [0, 0.05) is 36.4 Å². The van der Waals surface area contributed by atoms with E-state index in [9.17, 15) is 10.1 Å². The van der Waals surface area contributed by atoms with Gasteiger partial charge in [0.05, 0.1) is 11.3 Å².